The van der Waals surface area contributed by atoms with Gasteiger partial charge in [-0.25, -0.2) is 9.78 Å². The molecule has 190 valence electrons. The number of carbonyl (C=O) groups is 4. The van der Waals surface area contributed by atoms with Gasteiger partial charge in [0.15, 0.2) is 0 Å². The number of aromatic amines is 1. The number of imidazole rings is 1. The highest BCUT2D eigenvalue weighted by atomic mass is 16.4. The fraction of sp³-hybridized carbons (Fsp3) is 0.696. The molecular formula is C23H38N6O5. The van der Waals surface area contributed by atoms with Crippen molar-refractivity contribution in [3.63, 3.8) is 0 Å². The van der Waals surface area contributed by atoms with E-state index in [4.69, 9.17) is 5.73 Å². The van der Waals surface area contributed by atoms with Gasteiger partial charge in [0.25, 0.3) is 0 Å². The summed E-state index contributed by atoms with van der Waals surface area (Å²) < 4.78 is 0. The zero-order chi connectivity index (χ0) is 25.4. The van der Waals surface area contributed by atoms with E-state index in [0.717, 1.165) is 6.42 Å². The van der Waals surface area contributed by atoms with Gasteiger partial charge in [0.2, 0.25) is 17.7 Å². The number of nitrogens with one attached hydrogen (secondary N) is 3. The van der Waals surface area contributed by atoms with E-state index in [0.29, 0.717) is 31.5 Å². The second kappa shape index (κ2) is 12.5. The summed E-state index contributed by atoms with van der Waals surface area (Å²) in [7, 11) is 0. The molecule has 6 atom stereocenters. The Kier molecular flexibility index (Phi) is 10.0. The third-order valence-electron chi connectivity index (χ3n) is 6.77. The topological polar surface area (TPSA) is 171 Å². The van der Waals surface area contributed by atoms with E-state index in [1.54, 1.807) is 6.20 Å². The van der Waals surface area contributed by atoms with Crippen LogP contribution in [0.5, 0.6) is 0 Å². The summed E-state index contributed by atoms with van der Waals surface area (Å²) in [6.45, 7) is 7.86. The van der Waals surface area contributed by atoms with E-state index < -0.39 is 47.9 Å². The van der Waals surface area contributed by atoms with E-state index in [9.17, 15) is 24.3 Å². The Morgan fingerprint density at radius 2 is 1.85 bits per heavy atom. The molecule has 0 saturated carbocycles. The molecule has 3 amide bonds. The van der Waals surface area contributed by atoms with Gasteiger partial charge in [-0.1, -0.05) is 40.5 Å². The van der Waals surface area contributed by atoms with Crippen molar-refractivity contribution in [1.82, 2.24) is 25.5 Å². The number of nitrogens with zero attached hydrogens (tertiary/aromatic N) is 2. The number of nitrogens with two attached hydrogens (primary N) is 1. The average Bonchev–Trinajstić information content (AvgIpc) is 3.52. The van der Waals surface area contributed by atoms with Crippen LogP contribution in [-0.4, -0.2) is 74.4 Å². The molecule has 0 radical (unpaired) electrons. The molecule has 2 heterocycles. The van der Waals surface area contributed by atoms with Gasteiger partial charge in [-0.15, -0.1) is 0 Å². The lowest BCUT2D eigenvalue weighted by Crippen LogP contribution is -2.59. The Bertz CT molecular complexity index is 845. The van der Waals surface area contributed by atoms with Crippen LogP contribution in [0.3, 0.4) is 0 Å². The molecule has 0 spiro atoms. The molecule has 11 heteroatoms. The fourth-order valence-electron chi connectivity index (χ4n) is 4.03. The zero-order valence-corrected chi connectivity index (χ0v) is 20.4. The normalized spacial score (nSPS) is 20.1. The molecule has 6 unspecified atom stereocenters. The maximum Gasteiger partial charge on any atom is 0.326 e. The van der Waals surface area contributed by atoms with Gasteiger partial charge in [0.1, 0.15) is 18.1 Å². The van der Waals surface area contributed by atoms with E-state index >= 15 is 0 Å². The summed E-state index contributed by atoms with van der Waals surface area (Å²) in [5.41, 5.74) is 6.67. The summed E-state index contributed by atoms with van der Waals surface area (Å²) in [5.74, 6) is -2.74. The Morgan fingerprint density at radius 1 is 1.18 bits per heavy atom. The molecule has 1 fully saturated rings. The van der Waals surface area contributed by atoms with Crippen LogP contribution in [0.15, 0.2) is 12.5 Å². The molecule has 6 N–H and O–H groups in total. The SMILES string of the molecule is CCC(C)C(N)C(=O)NC(C(=O)NC(Cc1cnc[nH]1)C(=O)N1CCCC1C(=O)O)C(C)CC. The molecule has 1 aromatic rings. The van der Waals surface area contributed by atoms with Crippen molar-refractivity contribution in [3.8, 4) is 0 Å². The third-order valence-corrected chi connectivity index (χ3v) is 6.77. The first-order valence-electron chi connectivity index (χ1n) is 12.0. The predicted molar refractivity (Wildman–Crippen MR) is 125 cm³/mol. The standard InChI is InChI=1S/C23H38N6O5/c1-5-13(3)18(24)20(30)28-19(14(4)6-2)21(31)27-16(10-15-11-25-12-26-15)22(32)29-9-7-8-17(29)23(33)34/h11-14,16-19H,5-10,24H2,1-4H3,(H,25,26)(H,27,31)(H,28,30)(H,33,34). The smallest absolute Gasteiger partial charge is 0.326 e. The number of aromatic nitrogens is 2. The van der Waals surface area contributed by atoms with Crippen LogP contribution in [0.4, 0.5) is 0 Å². The van der Waals surface area contributed by atoms with Crippen molar-refractivity contribution in [2.24, 2.45) is 17.6 Å². The minimum absolute atomic E-state index is 0.0570. The highest BCUT2D eigenvalue weighted by molar-refractivity contribution is 5.94. The number of carboxylic acid groups (broad SMARTS) is 1. The number of aliphatic carboxylic acids is 1. The van der Waals surface area contributed by atoms with Gasteiger partial charge in [-0.2, -0.15) is 0 Å². The number of H-pyrrole nitrogens is 1. The summed E-state index contributed by atoms with van der Waals surface area (Å²) in [6.07, 6.45) is 5.40. The second-order valence-electron chi connectivity index (χ2n) is 9.15. The maximum atomic E-state index is 13.3. The number of hydrogen-bond acceptors (Lipinski definition) is 6. The molecule has 1 aliphatic rings. The molecule has 0 aromatic carbocycles. The maximum absolute atomic E-state index is 13.3. The summed E-state index contributed by atoms with van der Waals surface area (Å²) in [4.78, 5) is 59.2. The first-order valence-corrected chi connectivity index (χ1v) is 12.0. The summed E-state index contributed by atoms with van der Waals surface area (Å²) in [6, 6.07) is -3.59. The van der Waals surface area contributed by atoms with Crippen LogP contribution in [0.2, 0.25) is 0 Å². The van der Waals surface area contributed by atoms with Crippen molar-refractivity contribution in [2.45, 2.75) is 84.0 Å². The minimum atomic E-state index is -1.07. The molecule has 1 aliphatic heterocycles. The van der Waals surface area contributed by atoms with Crippen LogP contribution in [0.25, 0.3) is 0 Å². The molecule has 0 bridgehead atoms. The number of likely N-dealkylation sites (tertiary alicyclic amines) is 1. The van der Waals surface area contributed by atoms with Crippen molar-refractivity contribution in [1.29, 1.82) is 0 Å². The highest BCUT2D eigenvalue weighted by Gasteiger charge is 2.39. The van der Waals surface area contributed by atoms with Gasteiger partial charge in [0, 0.05) is 24.9 Å². The number of carboxylic acids is 1. The Labute approximate surface area is 200 Å². The number of amides is 3. The second-order valence-corrected chi connectivity index (χ2v) is 9.15. The monoisotopic (exact) mass is 478 g/mol. The Hall–Kier alpha value is -2.95. The molecule has 1 aromatic heterocycles. The largest absolute Gasteiger partial charge is 0.480 e. The van der Waals surface area contributed by atoms with Crippen LogP contribution in [0.1, 0.15) is 59.1 Å². The number of hydrogen-bond donors (Lipinski definition) is 5. The van der Waals surface area contributed by atoms with Crippen molar-refractivity contribution in [3.05, 3.63) is 18.2 Å². The third kappa shape index (κ3) is 6.78. The number of rotatable bonds is 12. The summed E-state index contributed by atoms with van der Waals surface area (Å²) in [5, 5.41) is 15.0. The van der Waals surface area contributed by atoms with E-state index in [1.165, 1.54) is 11.2 Å². The van der Waals surface area contributed by atoms with Crippen molar-refractivity contribution in [2.75, 3.05) is 6.54 Å². The van der Waals surface area contributed by atoms with E-state index in [1.807, 2.05) is 27.7 Å². The Balaban J connectivity index is 2.24. The predicted octanol–water partition coefficient (Wildman–Crippen LogP) is 0.417. The molecule has 1 saturated heterocycles. The quantitative estimate of drug-likeness (QED) is 0.290. The van der Waals surface area contributed by atoms with Crippen molar-refractivity contribution < 1.29 is 24.3 Å². The van der Waals surface area contributed by atoms with E-state index in [-0.39, 0.29) is 18.3 Å². The lowest BCUT2D eigenvalue weighted by atomic mass is 9.95. The van der Waals surface area contributed by atoms with Gasteiger partial charge in [0.05, 0.1) is 12.4 Å². The van der Waals surface area contributed by atoms with Crippen molar-refractivity contribution >= 4 is 23.7 Å². The van der Waals surface area contributed by atoms with Gasteiger partial charge in [-0.05, 0) is 24.7 Å². The van der Waals surface area contributed by atoms with Crippen LogP contribution >= 0.6 is 0 Å². The van der Waals surface area contributed by atoms with Gasteiger partial charge >= 0.3 is 5.97 Å². The van der Waals surface area contributed by atoms with Crippen LogP contribution in [0, 0.1) is 11.8 Å². The molecule has 34 heavy (non-hydrogen) atoms. The molecule has 2 rings (SSSR count). The van der Waals surface area contributed by atoms with E-state index in [2.05, 4.69) is 20.6 Å². The minimum Gasteiger partial charge on any atom is -0.480 e. The average molecular weight is 479 g/mol. The lowest BCUT2D eigenvalue weighted by Gasteiger charge is -2.30. The molecule has 11 nitrogen and oxygen atoms in total. The molecule has 0 aliphatic carbocycles. The first kappa shape index (κ1) is 27.3. The number of carbonyl (C=O) groups excluding carboxylic acids is 3. The highest BCUT2D eigenvalue weighted by Crippen LogP contribution is 2.20. The summed E-state index contributed by atoms with van der Waals surface area (Å²) >= 11 is 0. The Morgan fingerprint density at radius 3 is 2.41 bits per heavy atom. The zero-order valence-electron chi connectivity index (χ0n) is 20.4. The molecular weight excluding hydrogens is 440 g/mol. The fourth-order valence-corrected chi connectivity index (χ4v) is 4.03. The van der Waals surface area contributed by atoms with Crippen LogP contribution in [-0.2, 0) is 25.6 Å². The van der Waals surface area contributed by atoms with Gasteiger partial charge < -0.3 is 31.4 Å². The van der Waals surface area contributed by atoms with Crippen LogP contribution < -0.4 is 16.4 Å². The lowest BCUT2D eigenvalue weighted by molar-refractivity contribution is -0.149. The van der Waals surface area contributed by atoms with Gasteiger partial charge in [-0.3, -0.25) is 14.4 Å². The first-order chi connectivity index (χ1) is 16.1.